The van der Waals surface area contributed by atoms with Crippen molar-refractivity contribution >= 4 is 16.2 Å². The minimum atomic E-state index is -4.14. The van der Waals surface area contributed by atoms with Crippen molar-refractivity contribution in [2.45, 2.75) is 6.92 Å². The highest BCUT2D eigenvalue weighted by molar-refractivity contribution is 7.87. The monoisotopic (exact) mass is 280 g/mol. The van der Waals surface area contributed by atoms with Gasteiger partial charge in [0.05, 0.1) is 0 Å². The number of nitrogens with two attached hydrogens (primary N) is 1. The Kier molecular flexibility index (Phi) is 3.17. The van der Waals surface area contributed by atoms with Crippen LogP contribution in [0.25, 0.3) is 11.1 Å². The van der Waals surface area contributed by atoms with E-state index in [1.54, 1.807) is 12.1 Å². The number of aromatic carboxylic acids is 1. The third-order valence-corrected chi connectivity index (χ3v) is 3.62. The van der Waals surface area contributed by atoms with Gasteiger partial charge in [-0.25, -0.2) is 13.9 Å². The van der Waals surface area contributed by atoms with Gasteiger partial charge < -0.3 is 5.11 Å². The van der Waals surface area contributed by atoms with Gasteiger partial charge in [-0.1, -0.05) is 24.3 Å². The molecule has 1 aromatic heterocycles. The van der Waals surface area contributed by atoms with Crippen molar-refractivity contribution < 1.29 is 18.3 Å². The lowest BCUT2D eigenvalue weighted by Crippen LogP contribution is -2.24. The smallest absolute Gasteiger partial charge is 0.354 e. The van der Waals surface area contributed by atoms with Gasteiger partial charge in [0.25, 0.3) is 0 Å². The van der Waals surface area contributed by atoms with E-state index in [4.69, 9.17) is 5.14 Å². The molecule has 7 heteroatoms. The quantitative estimate of drug-likeness (QED) is 0.882. The summed E-state index contributed by atoms with van der Waals surface area (Å²) in [5.41, 5.74) is 1.45. The van der Waals surface area contributed by atoms with Gasteiger partial charge in [-0.2, -0.15) is 8.42 Å². The van der Waals surface area contributed by atoms with E-state index in [-0.39, 0.29) is 5.69 Å². The third kappa shape index (κ3) is 2.38. The maximum absolute atomic E-state index is 11.4. The molecule has 0 aliphatic carbocycles. The Morgan fingerprint density at radius 3 is 2.37 bits per heavy atom. The summed E-state index contributed by atoms with van der Waals surface area (Å²) in [6.07, 6.45) is 1.14. The van der Waals surface area contributed by atoms with Gasteiger partial charge in [0.1, 0.15) is 0 Å². The number of carboxylic acids is 1. The molecule has 0 aliphatic rings. The van der Waals surface area contributed by atoms with E-state index in [1.807, 2.05) is 19.1 Å². The first kappa shape index (κ1) is 13.3. The second-order valence-electron chi connectivity index (χ2n) is 4.04. The van der Waals surface area contributed by atoms with E-state index in [1.165, 1.54) is 6.07 Å². The molecule has 2 aromatic rings. The Morgan fingerprint density at radius 1 is 1.21 bits per heavy atom. The van der Waals surface area contributed by atoms with Crippen molar-refractivity contribution in [1.82, 2.24) is 3.97 Å². The Morgan fingerprint density at radius 2 is 1.84 bits per heavy atom. The molecule has 2 rings (SSSR count). The maximum atomic E-state index is 11.4. The molecule has 1 heterocycles. The van der Waals surface area contributed by atoms with Crippen LogP contribution in [-0.2, 0) is 10.2 Å². The van der Waals surface area contributed by atoms with Crippen LogP contribution in [0.15, 0.2) is 36.5 Å². The summed E-state index contributed by atoms with van der Waals surface area (Å²) >= 11 is 0. The SMILES string of the molecule is Cc1ccccc1-c1ccn(S(N)(=O)=O)c1C(=O)O. The largest absolute Gasteiger partial charge is 0.477 e. The highest BCUT2D eigenvalue weighted by atomic mass is 32.2. The third-order valence-electron chi connectivity index (χ3n) is 2.76. The molecule has 0 saturated heterocycles. The normalized spacial score (nSPS) is 11.5. The molecule has 0 spiro atoms. The van der Waals surface area contributed by atoms with E-state index in [2.05, 4.69) is 0 Å². The lowest BCUT2D eigenvalue weighted by atomic mass is 10.0. The van der Waals surface area contributed by atoms with Gasteiger partial charge in [0, 0.05) is 11.8 Å². The number of aromatic nitrogens is 1. The van der Waals surface area contributed by atoms with Gasteiger partial charge >= 0.3 is 16.2 Å². The number of nitrogens with zero attached hydrogens (tertiary/aromatic N) is 1. The van der Waals surface area contributed by atoms with Crippen LogP contribution in [0.5, 0.6) is 0 Å². The Bertz CT molecular complexity index is 747. The number of hydrogen-bond acceptors (Lipinski definition) is 3. The summed E-state index contributed by atoms with van der Waals surface area (Å²) in [7, 11) is -4.14. The fraction of sp³-hybridized carbons (Fsp3) is 0.0833. The summed E-state index contributed by atoms with van der Waals surface area (Å²) in [6.45, 7) is 1.81. The fourth-order valence-electron chi connectivity index (χ4n) is 1.93. The van der Waals surface area contributed by atoms with Crippen LogP contribution in [0.2, 0.25) is 0 Å². The van der Waals surface area contributed by atoms with E-state index < -0.39 is 16.2 Å². The maximum Gasteiger partial charge on any atom is 0.354 e. The summed E-state index contributed by atoms with van der Waals surface area (Å²) < 4.78 is 23.3. The summed E-state index contributed by atoms with van der Waals surface area (Å²) in [5, 5.41) is 14.2. The number of aryl methyl sites for hydroxylation is 1. The van der Waals surface area contributed by atoms with Crippen LogP contribution in [0.3, 0.4) is 0 Å². The van der Waals surface area contributed by atoms with E-state index in [0.29, 0.717) is 15.1 Å². The molecule has 0 fully saturated rings. The molecule has 0 saturated carbocycles. The Hall–Kier alpha value is -2.12. The molecule has 0 atom stereocenters. The van der Waals surface area contributed by atoms with Crippen molar-refractivity contribution in [1.29, 1.82) is 0 Å². The zero-order chi connectivity index (χ0) is 14.2. The molecule has 0 aliphatic heterocycles. The van der Waals surface area contributed by atoms with E-state index in [9.17, 15) is 18.3 Å². The van der Waals surface area contributed by atoms with Crippen LogP contribution in [0, 0.1) is 6.92 Å². The standard InChI is InChI=1S/C12H12N2O4S/c1-8-4-2-3-5-9(8)10-6-7-14(19(13,17)18)11(10)12(15)16/h2-7H,1H3,(H,15,16)(H2,13,17,18). The predicted molar refractivity (Wildman–Crippen MR) is 70.1 cm³/mol. The van der Waals surface area contributed by atoms with Crippen molar-refractivity contribution in [3.8, 4) is 11.1 Å². The number of carbonyl (C=O) groups is 1. The molecule has 0 radical (unpaired) electrons. The minimum Gasteiger partial charge on any atom is -0.477 e. The zero-order valence-corrected chi connectivity index (χ0v) is 10.9. The lowest BCUT2D eigenvalue weighted by Gasteiger charge is -2.07. The fourth-order valence-corrected chi connectivity index (χ4v) is 2.59. The molecule has 0 bridgehead atoms. The molecule has 3 N–H and O–H groups in total. The average molecular weight is 280 g/mol. The summed E-state index contributed by atoms with van der Waals surface area (Å²) in [5.74, 6) is -1.35. The van der Waals surface area contributed by atoms with Crippen LogP contribution in [0.1, 0.15) is 16.1 Å². The minimum absolute atomic E-state index is 0.319. The van der Waals surface area contributed by atoms with Gasteiger partial charge in [0.2, 0.25) is 0 Å². The molecular formula is C12H12N2O4S. The second-order valence-corrected chi connectivity index (χ2v) is 5.46. The summed E-state index contributed by atoms with van der Waals surface area (Å²) in [6, 6.07) is 8.54. The van der Waals surface area contributed by atoms with Crippen LogP contribution in [-0.4, -0.2) is 23.5 Å². The van der Waals surface area contributed by atoms with Gasteiger partial charge in [-0.05, 0) is 24.1 Å². The molecule has 0 unspecified atom stereocenters. The van der Waals surface area contributed by atoms with Crippen molar-refractivity contribution in [3.05, 3.63) is 47.8 Å². The second kappa shape index (κ2) is 4.52. The van der Waals surface area contributed by atoms with E-state index in [0.717, 1.165) is 11.8 Å². The first-order valence-electron chi connectivity index (χ1n) is 5.36. The Labute approximate surface area is 110 Å². The molecule has 0 amide bonds. The van der Waals surface area contributed by atoms with E-state index >= 15 is 0 Å². The van der Waals surface area contributed by atoms with Crippen molar-refractivity contribution in [2.24, 2.45) is 5.14 Å². The predicted octanol–water partition coefficient (Wildman–Crippen LogP) is 1.21. The van der Waals surface area contributed by atoms with Gasteiger partial charge in [-0.3, -0.25) is 0 Å². The van der Waals surface area contributed by atoms with Gasteiger partial charge in [0.15, 0.2) is 5.69 Å². The zero-order valence-electron chi connectivity index (χ0n) is 10.1. The average Bonchev–Trinajstić information content (AvgIpc) is 2.73. The number of benzene rings is 1. The molecule has 19 heavy (non-hydrogen) atoms. The Balaban J connectivity index is 2.77. The first-order valence-corrected chi connectivity index (χ1v) is 6.86. The molecular weight excluding hydrogens is 268 g/mol. The topological polar surface area (TPSA) is 102 Å². The van der Waals surface area contributed by atoms with Crippen LogP contribution >= 0.6 is 0 Å². The molecule has 6 nitrogen and oxygen atoms in total. The number of hydrogen-bond donors (Lipinski definition) is 2. The lowest BCUT2D eigenvalue weighted by molar-refractivity contribution is 0.0690. The number of rotatable bonds is 3. The van der Waals surface area contributed by atoms with Crippen LogP contribution in [0.4, 0.5) is 0 Å². The molecule has 1 aromatic carbocycles. The highest BCUT2D eigenvalue weighted by Gasteiger charge is 2.23. The van der Waals surface area contributed by atoms with Crippen LogP contribution < -0.4 is 5.14 Å². The van der Waals surface area contributed by atoms with Crippen molar-refractivity contribution in [3.63, 3.8) is 0 Å². The first-order chi connectivity index (χ1) is 8.82. The molecule has 100 valence electrons. The van der Waals surface area contributed by atoms with Gasteiger partial charge in [-0.15, -0.1) is 0 Å². The van der Waals surface area contributed by atoms with Crippen molar-refractivity contribution in [2.75, 3.05) is 0 Å². The number of carboxylic acid groups (broad SMARTS) is 1. The highest BCUT2D eigenvalue weighted by Crippen LogP contribution is 2.28. The summed E-state index contributed by atoms with van der Waals surface area (Å²) in [4.78, 5) is 11.3.